The maximum absolute atomic E-state index is 14.8. The Labute approximate surface area is 179 Å². The average Bonchev–Trinajstić information content (AvgIpc) is 2.97. The number of aliphatic carboxylic acids is 1. The second-order valence-electron chi connectivity index (χ2n) is 6.80. The fraction of sp³-hybridized carbons (Fsp3) is 0.190. The number of benzene rings is 2. The summed E-state index contributed by atoms with van der Waals surface area (Å²) in [5.74, 6) is -6.12. The number of hydrogen-bond acceptors (Lipinski definition) is 4. The number of nitrogens with one attached hydrogen (secondary N) is 1. The summed E-state index contributed by atoms with van der Waals surface area (Å²) in [6.45, 7) is 1.32. The molecule has 1 aromatic heterocycles. The third kappa shape index (κ3) is 4.36. The Kier molecular flexibility index (Phi) is 6.26. The van der Waals surface area contributed by atoms with Crippen molar-refractivity contribution in [2.24, 2.45) is 0 Å². The van der Waals surface area contributed by atoms with E-state index in [1.165, 1.54) is 31.2 Å². The summed E-state index contributed by atoms with van der Waals surface area (Å²) >= 11 is 5.84. The first-order chi connectivity index (χ1) is 14.6. The van der Waals surface area contributed by atoms with Crippen LogP contribution in [-0.2, 0) is 16.0 Å². The van der Waals surface area contributed by atoms with Gasteiger partial charge in [-0.05, 0) is 36.8 Å². The Balaban J connectivity index is 2.12. The number of carbonyl (C=O) groups excluding carboxylic acids is 2. The Morgan fingerprint density at radius 3 is 2.42 bits per heavy atom. The summed E-state index contributed by atoms with van der Waals surface area (Å²) in [4.78, 5) is 36.0. The summed E-state index contributed by atoms with van der Waals surface area (Å²) in [5, 5.41) is 20.9. The van der Waals surface area contributed by atoms with Crippen molar-refractivity contribution >= 4 is 40.3 Å². The third-order valence-electron chi connectivity index (χ3n) is 4.78. The van der Waals surface area contributed by atoms with Crippen LogP contribution in [0.25, 0.3) is 10.9 Å². The molecule has 31 heavy (non-hydrogen) atoms. The minimum Gasteiger partial charge on any atom is -0.503 e. The van der Waals surface area contributed by atoms with Crippen LogP contribution in [0.15, 0.2) is 30.3 Å². The maximum atomic E-state index is 14.8. The van der Waals surface area contributed by atoms with Gasteiger partial charge in [0, 0.05) is 34.3 Å². The van der Waals surface area contributed by atoms with E-state index in [9.17, 15) is 28.3 Å². The molecule has 0 saturated carbocycles. The van der Waals surface area contributed by atoms with E-state index in [1.54, 1.807) is 0 Å². The zero-order chi connectivity index (χ0) is 22.9. The first-order valence-corrected chi connectivity index (χ1v) is 9.49. The van der Waals surface area contributed by atoms with Crippen molar-refractivity contribution in [2.75, 3.05) is 6.54 Å². The number of phenolic OH excluding ortho intramolecular Hbond substituents is 1. The van der Waals surface area contributed by atoms with E-state index < -0.39 is 41.6 Å². The van der Waals surface area contributed by atoms with E-state index in [0.29, 0.717) is 5.02 Å². The number of halogens is 3. The molecule has 2 aromatic carbocycles. The van der Waals surface area contributed by atoms with Gasteiger partial charge in [-0.1, -0.05) is 11.6 Å². The molecule has 0 spiro atoms. The molecule has 1 amide bonds. The van der Waals surface area contributed by atoms with E-state index in [0.717, 1.165) is 10.6 Å². The van der Waals surface area contributed by atoms with E-state index in [-0.39, 0.29) is 40.7 Å². The Bertz CT molecular complexity index is 1210. The maximum Gasteiger partial charge on any atom is 0.305 e. The molecule has 0 aliphatic rings. The molecule has 0 unspecified atom stereocenters. The molecule has 7 nitrogen and oxygen atoms in total. The van der Waals surface area contributed by atoms with Gasteiger partial charge in [0.2, 0.25) is 5.91 Å². The predicted molar refractivity (Wildman–Crippen MR) is 108 cm³/mol. The Hall–Kier alpha value is -3.46. The molecule has 3 rings (SSSR count). The monoisotopic (exact) mass is 450 g/mol. The van der Waals surface area contributed by atoms with Gasteiger partial charge in [-0.15, -0.1) is 0 Å². The average molecular weight is 451 g/mol. The Morgan fingerprint density at radius 1 is 1.16 bits per heavy atom. The first kappa shape index (κ1) is 22.2. The number of carboxylic acid groups (broad SMARTS) is 1. The highest BCUT2D eigenvalue weighted by molar-refractivity contribution is 6.30. The van der Waals surface area contributed by atoms with Crippen LogP contribution in [0.1, 0.15) is 28.0 Å². The molecule has 0 aliphatic carbocycles. The van der Waals surface area contributed by atoms with Gasteiger partial charge in [0.25, 0.3) is 5.91 Å². The van der Waals surface area contributed by atoms with Gasteiger partial charge in [-0.25, -0.2) is 8.78 Å². The summed E-state index contributed by atoms with van der Waals surface area (Å²) in [6.07, 6.45) is -0.716. The highest BCUT2D eigenvalue weighted by atomic mass is 35.5. The van der Waals surface area contributed by atoms with Gasteiger partial charge in [0.05, 0.1) is 18.4 Å². The highest BCUT2D eigenvalue weighted by Crippen LogP contribution is 2.35. The summed E-state index contributed by atoms with van der Waals surface area (Å²) in [5.41, 5.74) is 0.277. The van der Waals surface area contributed by atoms with Crippen LogP contribution < -0.4 is 5.32 Å². The van der Waals surface area contributed by atoms with Crippen molar-refractivity contribution in [3.63, 3.8) is 0 Å². The number of carboxylic acids is 1. The number of aromatic hydroxyl groups is 1. The number of phenols is 1. The topological polar surface area (TPSA) is 109 Å². The van der Waals surface area contributed by atoms with Gasteiger partial charge in [-0.3, -0.25) is 19.0 Å². The van der Waals surface area contributed by atoms with Crippen LogP contribution in [0, 0.1) is 18.6 Å². The molecule has 0 fully saturated rings. The third-order valence-corrected chi connectivity index (χ3v) is 5.03. The Morgan fingerprint density at radius 2 is 1.81 bits per heavy atom. The number of rotatable bonds is 6. The van der Waals surface area contributed by atoms with Crippen LogP contribution in [0.4, 0.5) is 8.78 Å². The smallest absolute Gasteiger partial charge is 0.305 e. The van der Waals surface area contributed by atoms with E-state index in [4.69, 9.17) is 16.7 Å². The molecular weight excluding hydrogens is 434 g/mol. The molecule has 162 valence electrons. The number of nitrogens with zero attached hydrogens (tertiary/aromatic N) is 1. The normalized spacial score (nSPS) is 11.0. The van der Waals surface area contributed by atoms with Crippen molar-refractivity contribution in [3.05, 3.63) is 63.8 Å². The van der Waals surface area contributed by atoms with E-state index in [1.807, 2.05) is 0 Å². The lowest BCUT2D eigenvalue weighted by Crippen LogP contribution is -2.27. The number of fused-ring (bicyclic) bond motifs is 1. The lowest BCUT2D eigenvalue weighted by molar-refractivity contribution is -0.136. The molecule has 0 aliphatic heterocycles. The number of hydrogen-bond donors (Lipinski definition) is 3. The van der Waals surface area contributed by atoms with Crippen LogP contribution in [0.3, 0.4) is 0 Å². The summed E-state index contributed by atoms with van der Waals surface area (Å²) in [6, 6.07) is 6.68. The quantitative estimate of drug-likeness (QED) is 0.533. The van der Waals surface area contributed by atoms with E-state index >= 15 is 0 Å². The fourth-order valence-electron chi connectivity index (χ4n) is 3.29. The van der Waals surface area contributed by atoms with Gasteiger partial charge >= 0.3 is 5.97 Å². The highest BCUT2D eigenvalue weighted by Gasteiger charge is 2.27. The minimum atomic E-state index is -1.30. The second-order valence-corrected chi connectivity index (χ2v) is 7.23. The van der Waals surface area contributed by atoms with E-state index in [2.05, 4.69) is 5.32 Å². The largest absolute Gasteiger partial charge is 0.503 e. The molecule has 0 radical (unpaired) electrons. The van der Waals surface area contributed by atoms with Crippen LogP contribution in [-0.4, -0.2) is 39.1 Å². The lowest BCUT2D eigenvalue weighted by atomic mass is 10.1. The molecule has 0 saturated heterocycles. The number of aromatic nitrogens is 1. The zero-order valence-electron chi connectivity index (χ0n) is 16.2. The van der Waals surface area contributed by atoms with Crippen molar-refractivity contribution < 1.29 is 33.4 Å². The predicted octanol–water partition coefficient (Wildman–Crippen LogP) is 3.41. The van der Waals surface area contributed by atoms with Crippen molar-refractivity contribution in [2.45, 2.75) is 19.8 Å². The molecule has 0 atom stereocenters. The van der Waals surface area contributed by atoms with Crippen molar-refractivity contribution in [1.29, 1.82) is 0 Å². The lowest BCUT2D eigenvalue weighted by Gasteiger charge is -2.08. The second kappa shape index (κ2) is 8.73. The van der Waals surface area contributed by atoms with Crippen LogP contribution in [0.2, 0.25) is 5.02 Å². The summed E-state index contributed by atoms with van der Waals surface area (Å²) < 4.78 is 29.9. The standard InChI is InChI=1S/C21H17ClF2N2O5/c1-10-13(8-16(27)25-7-6-17(28)29)18-15(9-14(23)20(30)19(18)24)26(10)21(31)11-2-4-12(22)5-3-11/h2-5,9,30H,6-8H2,1H3,(H,25,27)(H,28,29). The van der Waals surface area contributed by atoms with Crippen molar-refractivity contribution in [1.82, 2.24) is 9.88 Å². The van der Waals surface area contributed by atoms with Gasteiger partial charge in [0.15, 0.2) is 17.4 Å². The zero-order valence-corrected chi connectivity index (χ0v) is 17.0. The molecule has 3 N–H and O–H groups in total. The van der Waals surface area contributed by atoms with Crippen LogP contribution >= 0.6 is 11.6 Å². The minimum absolute atomic E-state index is 0.0675. The molecule has 0 bridgehead atoms. The van der Waals surface area contributed by atoms with Gasteiger partial charge in [-0.2, -0.15) is 0 Å². The SMILES string of the molecule is Cc1c(CC(=O)NCCC(=O)O)c2c(F)c(O)c(F)cc2n1C(=O)c1ccc(Cl)cc1. The first-order valence-electron chi connectivity index (χ1n) is 9.11. The molecule has 1 heterocycles. The van der Waals surface area contributed by atoms with Gasteiger partial charge in [0.1, 0.15) is 0 Å². The molecular formula is C21H17ClF2N2O5. The summed E-state index contributed by atoms with van der Waals surface area (Å²) in [7, 11) is 0. The molecule has 3 aromatic rings. The molecule has 10 heteroatoms. The fourth-order valence-corrected chi connectivity index (χ4v) is 3.41. The van der Waals surface area contributed by atoms with Crippen LogP contribution in [0.5, 0.6) is 5.75 Å². The number of amides is 1. The number of carbonyl (C=O) groups is 3. The van der Waals surface area contributed by atoms with Crippen molar-refractivity contribution in [3.8, 4) is 5.75 Å². The van der Waals surface area contributed by atoms with Gasteiger partial charge < -0.3 is 15.5 Å².